The number of amides is 1. The van der Waals surface area contributed by atoms with E-state index in [1.165, 1.54) is 6.07 Å². The highest BCUT2D eigenvalue weighted by Gasteiger charge is 2.11. The number of Topliss-reactive ketones (excluding diaryl/α,β-unsaturated/α-hetero) is 1. The molecule has 0 unspecified atom stereocenters. The molecule has 0 radical (unpaired) electrons. The molecule has 1 amide bonds. The maximum Gasteiger partial charge on any atom is 0.229 e. The minimum atomic E-state index is -0.211. The van der Waals surface area contributed by atoms with E-state index in [1.54, 1.807) is 18.2 Å². The van der Waals surface area contributed by atoms with Gasteiger partial charge in [-0.1, -0.05) is 79.8 Å². The van der Waals surface area contributed by atoms with Gasteiger partial charge >= 0.3 is 0 Å². The third-order valence-corrected chi connectivity index (χ3v) is 5.30. The average molecular weight is 468 g/mol. The SMILES string of the molecule is CC/C=C\C/C=C\C/C=C\C/C=C\C/C=C\CCCC(=O)NSCC(=O)c1ccccc1O. The highest BCUT2D eigenvalue weighted by molar-refractivity contribution is 7.98. The van der Waals surface area contributed by atoms with Gasteiger partial charge in [0.25, 0.3) is 0 Å². The van der Waals surface area contributed by atoms with Gasteiger partial charge in [0.05, 0.1) is 11.3 Å². The number of carbonyl (C=O) groups excluding carboxylic acids is 2. The first kappa shape index (κ1) is 28.2. The Kier molecular flexibility index (Phi) is 17.0. The summed E-state index contributed by atoms with van der Waals surface area (Å²) >= 11 is 1.06. The molecule has 0 spiro atoms. The zero-order valence-corrected chi connectivity index (χ0v) is 20.4. The van der Waals surface area contributed by atoms with Crippen molar-refractivity contribution < 1.29 is 14.7 Å². The van der Waals surface area contributed by atoms with Crippen LogP contribution in [0.25, 0.3) is 0 Å². The minimum absolute atomic E-state index is 0.0357. The van der Waals surface area contributed by atoms with Crippen LogP contribution in [0.1, 0.15) is 68.6 Å². The van der Waals surface area contributed by atoms with E-state index in [0.717, 1.165) is 56.9 Å². The number of aromatic hydroxyl groups is 1. The van der Waals surface area contributed by atoms with Crippen molar-refractivity contribution in [1.29, 1.82) is 0 Å². The van der Waals surface area contributed by atoms with E-state index in [1.807, 2.05) is 0 Å². The van der Waals surface area contributed by atoms with Gasteiger partial charge in [-0.3, -0.25) is 14.3 Å². The summed E-state index contributed by atoms with van der Waals surface area (Å²) in [5.74, 6) is -0.237. The Labute approximate surface area is 203 Å². The van der Waals surface area contributed by atoms with Gasteiger partial charge in [-0.25, -0.2) is 0 Å². The Bertz CT molecular complexity index is 837. The van der Waals surface area contributed by atoms with Gasteiger partial charge < -0.3 is 5.11 Å². The van der Waals surface area contributed by atoms with Crippen LogP contribution in [0, 0.1) is 0 Å². The molecule has 0 aromatic heterocycles. The second kappa shape index (κ2) is 19.9. The van der Waals surface area contributed by atoms with E-state index in [9.17, 15) is 14.7 Å². The molecule has 2 N–H and O–H groups in total. The number of hydrogen-bond donors (Lipinski definition) is 2. The summed E-state index contributed by atoms with van der Waals surface area (Å²) in [5.41, 5.74) is 0.276. The number of para-hydroxylation sites is 1. The number of unbranched alkanes of at least 4 members (excludes halogenated alkanes) is 1. The molecule has 0 aliphatic heterocycles. The number of hydrogen-bond acceptors (Lipinski definition) is 4. The molecular weight excluding hydrogens is 430 g/mol. The van der Waals surface area contributed by atoms with Crippen molar-refractivity contribution in [3.8, 4) is 5.75 Å². The number of allylic oxidation sites excluding steroid dienone is 10. The molecule has 33 heavy (non-hydrogen) atoms. The smallest absolute Gasteiger partial charge is 0.229 e. The van der Waals surface area contributed by atoms with Gasteiger partial charge in [0.15, 0.2) is 5.78 Å². The molecule has 0 atom stereocenters. The molecule has 0 saturated carbocycles. The summed E-state index contributed by atoms with van der Waals surface area (Å²) in [4.78, 5) is 23.9. The Morgan fingerprint density at radius 2 is 1.39 bits per heavy atom. The molecule has 4 nitrogen and oxygen atoms in total. The monoisotopic (exact) mass is 467 g/mol. The summed E-state index contributed by atoms with van der Waals surface area (Å²) in [6.45, 7) is 2.14. The van der Waals surface area contributed by atoms with Crippen molar-refractivity contribution in [3.05, 3.63) is 90.6 Å². The van der Waals surface area contributed by atoms with E-state index in [2.05, 4.69) is 72.4 Å². The van der Waals surface area contributed by atoms with Crippen LogP contribution in [-0.4, -0.2) is 22.5 Å². The second-order valence-corrected chi connectivity index (χ2v) is 8.14. The van der Waals surface area contributed by atoms with Crippen molar-refractivity contribution in [2.45, 2.75) is 58.3 Å². The summed E-state index contributed by atoms with van der Waals surface area (Å²) in [6, 6.07) is 6.42. The maximum atomic E-state index is 12.0. The Balaban J connectivity index is 2.01. The van der Waals surface area contributed by atoms with E-state index >= 15 is 0 Å². The fourth-order valence-electron chi connectivity index (χ4n) is 2.77. The van der Waals surface area contributed by atoms with Gasteiger partial charge in [-0.2, -0.15) is 0 Å². The standard InChI is InChI=1S/C28H37NO3S/c1-2-3-4-5-6-7-8-9-10-11-12-13-14-15-16-17-18-23-28(32)29-33-24-27(31)25-21-19-20-22-26(25)30/h3-4,6-7,9-10,12-13,15-16,19-22,30H,2,5,8,11,14,17-18,23-24H2,1H3,(H,29,32)/b4-3-,7-6-,10-9-,13-12-,16-15-. The molecule has 1 rings (SSSR count). The van der Waals surface area contributed by atoms with Gasteiger partial charge in [0.2, 0.25) is 5.91 Å². The van der Waals surface area contributed by atoms with Gasteiger partial charge in [0.1, 0.15) is 5.75 Å². The van der Waals surface area contributed by atoms with Crippen LogP contribution in [0.15, 0.2) is 85.0 Å². The zero-order valence-electron chi connectivity index (χ0n) is 19.6. The second-order valence-electron chi connectivity index (χ2n) is 7.35. The zero-order chi connectivity index (χ0) is 24.0. The highest BCUT2D eigenvalue weighted by Crippen LogP contribution is 2.17. The summed E-state index contributed by atoms with van der Waals surface area (Å²) < 4.78 is 2.68. The molecule has 0 bridgehead atoms. The number of benzene rings is 1. The molecule has 0 heterocycles. The molecule has 0 saturated heterocycles. The third kappa shape index (κ3) is 15.6. The lowest BCUT2D eigenvalue weighted by molar-refractivity contribution is -0.119. The van der Waals surface area contributed by atoms with E-state index < -0.39 is 0 Å². The summed E-state index contributed by atoms with van der Waals surface area (Å²) in [6.07, 6.45) is 28.6. The first-order chi connectivity index (χ1) is 16.1. The van der Waals surface area contributed by atoms with Crippen LogP contribution in [0.5, 0.6) is 5.75 Å². The number of phenolic OH excluding ortho intramolecular Hbond substituents is 1. The summed E-state index contributed by atoms with van der Waals surface area (Å²) in [7, 11) is 0. The van der Waals surface area contributed by atoms with Gasteiger partial charge in [-0.05, 0) is 69.0 Å². The molecular formula is C28H37NO3S. The quantitative estimate of drug-likeness (QED) is 0.109. The van der Waals surface area contributed by atoms with Crippen molar-refractivity contribution >= 4 is 23.6 Å². The first-order valence-electron chi connectivity index (χ1n) is 11.6. The lowest BCUT2D eigenvalue weighted by Crippen LogP contribution is -2.17. The summed E-state index contributed by atoms with van der Waals surface area (Å²) in [5, 5.41) is 9.67. The number of rotatable bonds is 17. The van der Waals surface area contributed by atoms with Gasteiger partial charge in [0, 0.05) is 6.42 Å². The molecule has 1 aromatic rings. The van der Waals surface area contributed by atoms with Crippen LogP contribution in [0.3, 0.4) is 0 Å². The van der Waals surface area contributed by atoms with Crippen molar-refractivity contribution in [2.24, 2.45) is 0 Å². The fraction of sp³-hybridized carbons (Fsp3) is 0.357. The van der Waals surface area contributed by atoms with Crippen molar-refractivity contribution in [1.82, 2.24) is 4.72 Å². The van der Waals surface area contributed by atoms with E-state index in [0.29, 0.717) is 6.42 Å². The number of nitrogens with one attached hydrogen (secondary N) is 1. The van der Waals surface area contributed by atoms with Crippen LogP contribution in [0.4, 0.5) is 0 Å². The normalized spacial score (nSPS) is 12.2. The average Bonchev–Trinajstić information content (AvgIpc) is 2.81. The Morgan fingerprint density at radius 3 is 1.97 bits per heavy atom. The molecule has 1 aromatic carbocycles. The van der Waals surface area contributed by atoms with E-state index in [4.69, 9.17) is 0 Å². The molecule has 178 valence electrons. The van der Waals surface area contributed by atoms with Crippen LogP contribution < -0.4 is 4.72 Å². The first-order valence-corrected chi connectivity index (χ1v) is 12.6. The lowest BCUT2D eigenvalue weighted by Gasteiger charge is -2.05. The predicted molar refractivity (Wildman–Crippen MR) is 141 cm³/mol. The molecule has 0 aliphatic rings. The third-order valence-electron chi connectivity index (χ3n) is 4.53. The topological polar surface area (TPSA) is 66.4 Å². The van der Waals surface area contributed by atoms with Crippen LogP contribution in [-0.2, 0) is 4.79 Å². The fourth-order valence-corrected chi connectivity index (χ4v) is 3.39. The predicted octanol–water partition coefficient (Wildman–Crippen LogP) is 7.26. The van der Waals surface area contributed by atoms with Crippen molar-refractivity contribution in [3.63, 3.8) is 0 Å². The molecule has 0 aliphatic carbocycles. The van der Waals surface area contributed by atoms with Crippen LogP contribution in [0.2, 0.25) is 0 Å². The van der Waals surface area contributed by atoms with Gasteiger partial charge in [-0.15, -0.1) is 0 Å². The number of carbonyl (C=O) groups is 2. The minimum Gasteiger partial charge on any atom is -0.507 e. The number of phenols is 1. The van der Waals surface area contributed by atoms with E-state index in [-0.39, 0.29) is 28.8 Å². The number of ketones is 1. The molecule has 5 heteroatoms. The Morgan fingerprint density at radius 1 is 0.848 bits per heavy atom. The van der Waals surface area contributed by atoms with Crippen molar-refractivity contribution in [2.75, 3.05) is 5.75 Å². The largest absolute Gasteiger partial charge is 0.507 e. The maximum absolute atomic E-state index is 12.0. The Hall–Kier alpha value is -2.79. The lowest BCUT2D eigenvalue weighted by atomic mass is 10.1. The highest BCUT2D eigenvalue weighted by atomic mass is 32.2. The van der Waals surface area contributed by atoms with Crippen LogP contribution >= 0.6 is 11.9 Å². The molecule has 0 fully saturated rings.